The first-order valence-electron chi connectivity index (χ1n) is 5.45. The lowest BCUT2D eigenvalue weighted by Gasteiger charge is -2.22. The van der Waals surface area contributed by atoms with Crippen LogP contribution in [0.2, 0.25) is 5.02 Å². The van der Waals surface area contributed by atoms with Crippen molar-refractivity contribution in [3.63, 3.8) is 0 Å². The zero-order valence-corrected chi connectivity index (χ0v) is 10.8. The summed E-state index contributed by atoms with van der Waals surface area (Å²) in [5.74, 6) is 0. The molecule has 0 N–H and O–H groups in total. The fraction of sp³-hybridized carbons (Fsp3) is 0.455. The van der Waals surface area contributed by atoms with E-state index in [4.69, 9.17) is 11.6 Å². The standard InChI is InChI=1S/C11H12ClF3N2O2/c1-2-16(7-11(13,14)15)6-8-5-9(17(18)19)3-4-10(8)12/h3-5H,2,6-7H2,1H3. The number of nitro benzene ring substituents is 1. The minimum atomic E-state index is -4.32. The SMILES string of the molecule is CCN(Cc1cc([N+](=O)[O-])ccc1Cl)CC(F)(F)F. The normalized spacial score (nSPS) is 11.9. The maximum atomic E-state index is 12.3. The van der Waals surface area contributed by atoms with Gasteiger partial charge in [-0.3, -0.25) is 15.0 Å². The quantitative estimate of drug-likeness (QED) is 0.615. The van der Waals surface area contributed by atoms with E-state index in [0.717, 1.165) is 4.90 Å². The molecule has 0 aliphatic rings. The molecule has 0 radical (unpaired) electrons. The fourth-order valence-electron chi connectivity index (χ4n) is 1.57. The smallest absolute Gasteiger partial charge is 0.291 e. The Kier molecular flexibility index (Phi) is 5.13. The number of nitrogens with zero attached hydrogens (tertiary/aromatic N) is 2. The Bertz CT molecular complexity index is 466. The Morgan fingerprint density at radius 1 is 1.42 bits per heavy atom. The predicted molar refractivity (Wildman–Crippen MR) is 65.1 cm³/mol. The van der Waals surface area contributed by atoms with E-state index in [0.29, 0.717) is 5.56 Å². The van der Waals surface area contributed by atoms with E-state index in [1.807, 2.05) is 0 Å². The number of benzene rings is 1. The van der Waals surface area contributed by atoms with Crippen LogP contribution in [0.4, 0.5) is 18.9 Å². The first-order valence-corrected chi connectivity index (χ1v) is 5.82. The lowest BCUT2D eigenvalue weighted by molar-refractivity contribution is -0.384. The van der Waals surface area contributed by atoms with Gasteiger partial charge in [-0.2, -0.15) is 13.2 Å². The summed E-state index contributed by atoms with van der Waals surface area (Å²) >= 11 is 5.84. The number of halogens is 4. The van der Waals surface area contributed by atoms with Gasteiger partial charge in [-0.25, -0.2) is 0 Å². The molecule has 0 spiro atoms. The molecule has 0 saturated carbocycles. The molecular formula is C11H12ClF3N2O2. The van der Waals surface area contributed by atoms with E-state index in [1.54, 1.807) is 6.92 Å². The third-order valence-corrected chi connectivity index (χ3v) is 2.85. The maximum Gasteiger partial charge on any atom is 0.401 e. The zero-order chi connectivity index (χ0) is 14.6. The molecule has 0 unspecified atom stereocenters. The van der Waals surface area contributed by atoms with Crippen molar-refractivity contribution in [1.29, 1.82) is 0 Å². The number of rotatable bonds is 5. The highest BCUT2D eigenvalue weighted by Gasteiger charge is 2.30. The highest BCUT2D eigenvalue weighted by Crippen LogP contribution is 2.25. The van der Waals surface area contributed by atoms with Crippen LogP contribution in [-0.2, 0) is 6.54 Å². The lowest BCUT2D eigenvalue weighted by Crippen LogP contribution is -2.33. The van der Waals surface area contributed by atoms with Crippen LogP contribution < -0.4 is 0 Å². The second kappa shape index (κ2) is 6.21. The van der Waals surface area contributed by atoms with Gasteiger partial charge in [0.05, 0.1) is 11.5 Å². The van der Waals surface area contributed by atoms with Gasteiger partial charge in [0.1, 0.15) is 0 Å². The summed E-state index contributed by atoms with van der Waals surface area (Å²) in [6.45, 7) is 0.578. The van der Waals surface area contributed by atoms with Crippen molar-refractivity contribution in [2.24, 2.45) is 0 Å². The molecule has 4 nitrogen and oxygen atoms in total. The molecule has 0 aliphatic carbocycles. The highest BCUT2D eigenvalue weighted by atomic mass is 35.5. The summed E-state index contributed by atoms with van der Waals surface area (Å²) in [6, 6.07) is 3.73. The van der Waals surface area contributed by atoms with Crippen LogP contribution in [0.15, 0.2) is 18.2 Å². The van der Waals surface area contributed by atoms with E-state index in [9.17, 15) is 23.3 Å². The molecule has 0 atom stereocenters. The fourth-order valence-corrected chi connectivity index (χ4v) is 1.75. The first-order chi connectivity index (χ1) is 8.73. The van der Waals surface area contributed by atoms with Gasteiger partial charge >= 0.3 is 6.18 Å². The van der Waals surface area contributed by atoms with E-state index in [1.165, 1.54) is 18.2 Å². The molecule has 0 aromatic heterocycles. The number of alkyl halides is 3. The van der Waals surface area contributed by atoms with E-state index >= 15 is 0 Å². The average Bonchev–Trinajstić information content (AvgIpc) is 2.28. The topological polar surface area (TPSA) is 46.4 Å². The number of nitro groups is 1. The molecule has 8 heteroatoms. The Labute approximate surface area is 112 Å². The maximum absolute atomic E-state index is 12.3. The molecular weight excluding hydrogens is 285 g/mol. The first kappa shape index (κ1) is 15.7. The Morgan fingerprint density at radius 2 is 2.05 bits per heavy atom. The summed E-state index contributed by atoms with van der Waals surface area (Å²) in [5, 5.41) is 10.8. The summed E-state index contributed by atoms with van der Waals surface area (Å²) in [5.41, 5.74) is 0.115. The molecule has 19 heavy (non-hydrogen) atoms. The average molecular weight is 297 g/mol. The zero-order valence-electron chi connectivity index (χ0n) is 10.1. The monoisotopic (exact) mass is 296 g/mol. The predicted octanol–water partition coefficient (Wildman–Crippen LogP) is 3.63. The molecule has 1 aromatic carbocycles. The van der Waals surface area contributed by atoms with Crippen LogP contribution in [0, 0.1) is 10.1 Å². The van der Waals surface area contributed by atoms with E-state index in [-0.39, 0.29) is 23.8 Å². The van der Waals surface area contributed by atoms with Crippen molar-refractivity contribution in [2.45, 2.75) is 19.6 Å². The van der Waals surface area contributed by atoms with Crippen molar-refractivity contribution < 1.29 is 18.1 Å². The van der Waals surface area contributed by atoms with Gasteiger partial charge in [0.25, 0.3) is 5.69 Å². The van der Waals surface area contributed by atoms with Crippen molar-refractivity contribution in [2.75, 3.05) is 13.1 Å². The van der Waals surface area contributed by atoms with Crippen LogP contribution in [0.25, 0.3) is 0 Å². The summed E-state index contributed by atoms with van der Waals surface area (Å²) in [7, 11) is 0. The minimum Gasteiger partial charge on any atom is -0.291 e. The lowest BCUT2D eigenvalue weighted by atomic mass is 10.2. The van der Waals surface area contributed by atoms with Gasteiger partial charge in [0.15, 0.2) is 0 Å². The molecule has 1 aromatic rings. The third kappa shape index (κ3) is 5.04. The highest BCUT2D eigenvalue weighted by molar-refractivity contribution is 6.31. The van der Waals surface area contributed by atoms with Crippen LogP contribution >= 0.6 is 11.6 Å². The summed E-state index contributed by atoms with van der Waals surface area (Å²) < 4.78 is 37.0. The second-order valence-corrected chi connectivity index (χ2v) is 4.36. The Morgan fingerprint density at radius 3 is 2.53 bits per heavy atom. The van der Waals surface area contributed by atoms with E-state index < -0.39 is 17.6 Å². The summed E-state index contributed by atoms with van der Waals surface area (Å²) in [4.78, 5) is 11.1. The van der Waals surface area contributed by atoms with Gasteiger partial charge in [-0.15, -0.1) is 0 Å². The van der Waals surface area contributed by atoms with Gasteiger partial charge in [0, 0.05) is 23.7 Å². The van der Waals surface area contributed by atoms with Crippen molar-refractivity contribution in [3.8, 4) is 0 Å². The van der Waals surface area contributed by atoms with Gasteiger partial charge < -0.3 is 0 Å². The molecule has 0 saturated heterocycles. The second-order valence-electron chi connectivity index (χ2n) is 3.95. The van der Waals surface area contributed by atoms with Crippen LogP contribution in [0.1, 0.15) is 12.5 Å². The Balaban J connectivity index is 2.90. The third-order valence-electron chi connectivity index (χ3n) is 2.48. The van der Waals surface area contributed by atoms with Gasteiger partial charge in [0.2, 0.25) is 0 Å². The number of hydrogen-bond donors (Lipinski definition) is 0. The molecule has 1 rings (SSSR count). The molecule has 0 bridgehead atoms. The van der Waals surface area contributed by atoms with Crippen molar-refractivity contribution in [1.82, 2.24) is 4.90 Å². The van der Waals surface area contributed by atoms with Crippen molar-refractivity contribution in [3.05, 3.63) is 38.9 Å². The molecule has 106 valence electrons. The van der Waals surface area contributed by atoms with Gasteiger partial charge in [-0.1, -0.05) is 18.5 Å². The van der Waals surface area contributed by atoms with Crippen LogP contribution in [-0.4, -0.2) is 29.1 Å². The largest absolute Gasteiger partial charge is 0.401 e. The van der Waals surface area contributed by atoms with Crippen molar-refractivity contribution >= 4 is 17.3 Å². The Hall–Kier alpha value is -1.34. The minimum absolute atomic E-state index is 0.0868. The molecule has 0 amide bonds. The molecule has 0 aliphatic heterocycles. The molecule has 0 heterocycles. The van der Waals surface area contributed by atoms with Crippen LogP contribution in [0.3, 0.4) is 0 Å². The van der Waals surface area contributed by atoms with Gasteiger partial charge in [-0.05, 0) is 18.2 Å². The van der Waals surface area contributed by atoms with E-state index in [2.05, 4.69) is 0 Å². The number of non-ortho nitro benzene ring substituents is 1. The number of hydrogen-bond acceptors (Lipinski definition) is 3. The van der Waals surface area contributed by atoms with Crippen LogP contribution in [0.5, 0.6) is 0 Å². The summed E-state index contributed by atoms with van der Waals surface area (Å²) in [6.07, 6.45) is -4.32. The molecule has 0 fully saturated rings.